The van der Waals surface area contributed by atoms with E-state index in [4.69, 9.17) is 15.2 Å². The van der Waals surface area contributed by atoms with E-state index in [0.717, 1.165) is 10.5 Å². The van der Waals surface area contributed by atoms with E-state index in [1.54, 1.807) is 40.2 Å². The lowest BCUT2D eigenvalue weighted by molar-refractivity contribution is 0.0415. The second kappa shape index (κ2) is 9.34. The molecule has 0 radical (unpaired) electrons. The monoisotopic (exact) mass is 480 g/mol. The normalized spacial score (nSPS) is 18.8. The van der Waals surface area contributed by atoms with Crippen LogP contribution in [-0.4, -0.2) is 62.4 Å². The number of pyridine rings is 1. The summed E-state index contributed by atoms with van der Waals surface area (Å²) in [6.45, 7) is 1.10. The van der Waals surface area contributed by atoms with E-state index < -0.39 is 23.9 Å². The van der Waals surface area contributed by atoms with Gasteiger partial charge < -0.3 is 20.1 Å². The number of halogens is 1. The SMILES string of the molecule is Cn1cc(-c2cc(Oc3ccc(C4CN(C(N)=O)C(=O)N4C4CCOCC4)cc3F)ccn2)cn1. The highest BCUT2D eigenvalue weighted by molar-refractivity contribution is 5.94. The van der Waals surface area contributed by atoms with Crippen molar-refractivity contribution >= 4 is 12.1 Å². The maximum absolute atomic E-state index is 15.2. The summed E-state index contributed by atoms with van der Waals surface area (Å²) < 4.78 is 28.0. The van der Waals surface area contributed by atoms with Gasteiger partial charge in [-0.2, -0.15) is 5.10 Å². The molecule has 1 aromatic carbocycles. The average Bonchev–Trinajstić information content (AvgIpc) is 3.44. The maximum Gasteiger partial charge on any atom is 0.329 e. The molecule has 10 nitrogen and oxygen atoms in total. The van der Waals surface area contributed by atoms with Crippen LogP contribution in [0.25, 0.3) is 11.3 Å². The number of nitrogens with two attached hydrogens (primary N) is 1. The van der Waals surface area contributed by atoms with Crippen molar-refractivity contribution in [3.63, 3.8) is 0 Å². The number of carbonyl (C=O) groups is 2. The van der Waals surface area contributed by atoms with E-state index in [9.17, 15) is 9.59 Å². The van der Waals surface area contributed by atoms with E-state index in [-0.39, 0.29) is 18.3 Å². The smallest absolute Gasteiger partial charge is 0.329 e. The van der Waals surface area contributed by atoms with Gasteiger partial charge in [0.25, 0.3) is 0 Å². The Morgan fingerprint density at radius 1 is 1.23 bits per heavy atom. The summed E-state index contributed by atoms with van der Waals surface area (Å²) in [7, 11) is 1.81. The number of imide groups is 1. The highest BCUT2D eigenvalue weighted by atomic mass is 19.1. The lowest BCUT2D eigenvalue weighted by atomic mass is 10.0. The van der Waals surface area contributed by atoms with Crippen molar-refractivity contribution < 1.29 is 23.5 Å². The molecule has 0 saturated carbocycles. The third-order valence-corrected chi connectivity index (χ3v) is 6.29. The predicted octanol–water partition coefficient (Wildman–Crippen LogP) is 3.45. The fourth-order valence-corrected chi connectivity index (χ4v) is 4.56. The van der Waals surface area contributed by atoms with Gasteiger partial charge in [0.05, 0.1) is 24.5 Å². The molecule has 5 rings (SSSR count). The first-order chi connectivity index (χ1) is 16.9. The van der Waals surface area contributed by atoms with Crippen molar-refractivity contribution in [1.82, 2.24) is 24.6 Å². The third kappa shape index (κ3) is 4.54. The highest BCUT2D eigenvalue weighted by Gasteiger charge is 2.44. The van der Waals surface area contributed by atoms with Gasteiger partial charge in [0, 0.05) is 50.3 Å². The number of amides is 4. The fourth-order valence-electron chi connectivity index (χ4n) is 4.56. The molecule has 182 valence electrons. The Labute approximate surface area is 201 Å². The Morgan fingerprint density at radius 3 is 2.71 bits per heavy atom. The largest absolute Gasteiger partial charge is 0.454 e. The van der Waals surface area contributed by atoms with E-state index in [1.807, 2.05) is 13.2 Å². The van der Waals surface area contributed by atoms with E-state index in [1.165, 1.54) is 12.1 Å². The molecule has 0 spiro atoms. The minimum absolute atomic E-state index is 0.0331. The van der Waals surface area contributed by atoms with Crippen LogP contribution in [0.1, 0.15) is 24.4 Å². The molecule has 4 amide bonds. The van der Waals surface area contributed by atoms with Crippen LogP contribution in [0.4, 0.5) is 14.0 Å². The lowest BCUT2D eigenvalue weighted by Gasteiger charge is -2.34. The number of urea groups is 2. The zero-order chi connectivity index (χ0) is 24.5. The second-order valence-electron chi connectivity index (χ2n) is 8.57. The van der Waals surface area contributed by atoms with Gasteiger partial charge in [-0.1, -0.05) is 6.07 Å². The summed E-state index contributed by atoms with van der Waals surface area (Å²) in [4.78, 5) is 31.7. The van der Waals surface area contributed by atoms with Crippen molar-refractivity contribution in [2.24, 2.45) is 12.8 Å². The van der Waals surface area contributed by atoms with Crippen LogP contribution < -0.4 is 10.5 Å². The topological polar surface area (TPSA) is 116 Å². The molecule has 0 aliphatic carbocycles. The summed E-state index contributed by atoms with van der Waals surface area (Å²) in [6.07, 6.45) is 6.37. The molecule has 0 bridgehead atoms. The van der Waals surface area contributed by atoms with Crippen LogP contribution in [0.2, 0.25) is 0 Å². The molecule has 11 heteroatoms. The first kappa shape index (κ1) is 22.8. The zero-order valence-corrected chi connectivity index (χ0v) is 19.1. The molecule has 2 fully saturated rings. The number of aryl methyl sites for hydroxylation is 1. The van der Waals surface area contributed by atoms with Gasteiger partial charge in [-0.15, -0.1) is 0 Å². The van der Waals surface area contributed by atoms with Crippen LogP contribution in [0.3, 0.4) is 0 Å². The van der Waals surface area contributed by atoms with E-state index in [0.29, 0.717) is 43.1 Å². The standard InChI is InChI=1S/C24H25FN6O4/c1-29-13-16(12-28-29)20-11-18(4-7-27-20)35-22-3-2-15(10-19(22)25)21-14-30(23(26)32)24(33)31(21)17-5-8-34-9-6-17/h2-4,7,10-13,17,21H,5-6,8-9,14H2,1H3,(H2,26,32). The molecule has 2 aliphatic heterocycles. The first-order valence-corrected chi connectivity index (χ1v) is 11.3. The number of ether oxygens (including phenoxy) is 2. The van der Waals surface area contributed by atoms with Crippen molar-refractivity contribution in [2.45, 2.75) is 24.9 Å². The van der Waals surface area contributed by atoms with Gasteiger partial charge in [0.15, 0.2) is 11.6 Å². The number of nitrogens with zero attached hydrogens (tertiary/aromatic N) is 5. The van der Waals surface area contributed by atoms with Gasteiger partial charge in [-0.05, 0) is 36.6 Å². The molecule has 2 aromatic heterocycles. The molecule has 2 saturated heterocycles. The number of rotatable bonds is 5. The number of carbonyl (C=O) groups excluding carboxylic acids is 2. The molecular formula is C24H25FN6O4. The first-order valence-electron chi connectivity index (χ1n) is 11.3. The summed E-state index contributed by atoms with van der Waals surface area (Å²) in [5.74, 6) is -0.129. The van der Waals surface area contributed by atoms with E-state index in [2.05, 4.69) is 10.1 Å². The molecule has 2 N–H and O–H groups in total. The molecule has 1 unspecified atom stereocenters. The molecule has 3 aromatic rings. The number of benzene rings is 1. The predicted molar refractivity (Wildman–Crippen MR) is 123 cm³/mol. The van der Waals surface area contributed by atoms with Gasteiger partial charge in [-0.25, -0.2) is 18.9 Å². The van der Waals surface area contributed by atoms with E-state index >= 15 is 4.39 Å². The van der Waals surface area contributed by atoms with Crippen LogP contribution >= 0.6 is 0 Å². The number of hydrogen-bond donors (Lipinski definition) is 1. The second-order valence-corrected chi connectivity index (χ2v) is 8.57. The van der Waals surface area contributed by atoms with Crippen LogP contribution in [-0.2, 0) is 11.8 Å². The van der Waals surface area contributed by atoms with Gasteiger partial charge in [-0.3, -0.25) is 9.67 Å². The number of aromatic nitrogens is 3. The maximum atomic E-state index is 15.2. The van der Waals surface area contributed by atoms with Crippen molar-refractivity contribution in [1.29, 1.82) is 0 Å². The molecule has 35 heavy (non-hydrogen) atoms. The minimum Gasteiger partial charge on any atom is -0.454 e. The quantitative estimate of drug-likeness (QED) is 0.598. The molecule has 4 heterocycles. The average molecular weight is 481 g/mol. The zero-order valence-electron chi connectivity index (χ0n) is 19.1. The Hall–Kier alpha value is -3.99. The Morgan fingerprint density at radius 2 is 2.03 bits per heavy atom. The van der Waals surface area contributed by atoms with Crippen molar-refractivity contribution in [3.8, 4) is 22.8 Å². The Kier molecular flexibility index (Phi) is 6.08. The molecule has 1 atom stereocenters. The van der Waals surface area contributed by atoms with Crippen molar-refractivity contribution in [2.75, 3.05) is 19.8 Å². The number of primary amides is 1. The Bertz CT molecular complexity index is 1260. The molecular weight excluding hydrogens is 455 g/mol. The minimum atomic E-state index is -0.822. The van der Waals surface area contributed by atoms with Crippen LogP contribution in [0, 0.1) is 5.82 Å². The van der Waals surface area contributed by atoms with Crippen LogP contribution in [0.5, 0.6) is 11.5 Å². The Balaban J connectivity index is 1.39. The fraction of sp³-hybridized carbons (Fsp3) is 0.333. The lowest BCUT2D eigenvalue weighted by Crippen LogP contribution is -2.45. The summed E-state index contributed by atoms with van der Waals surface area (Å²) in [5, 5.41) is 4.14. The summed E-state index contributed by atoms with van der Waals surface area (Å²) >= 11 is 0. The third-order valence-electron chi connectivity index (χ3n) is 6.29. The molecule has 2 aliphatic rings. The van der Waals surface area contributed by atoms with Gasteiger partial charge in [0.1, 0.15) is 5.75 Å². The van der Waals surface area contributed by atoms with Gasteiger partial charge in [0.2, 0.25) is 0 Å². The highest BCUT2D eigenvalue weighted by Crippen LogP contribution is 2.36. The number of hydrogen-bond acceptors (Lipinski definition) is 6. The van der Waals surface area contributed by atoms with Crippen molar-refractivity contribution in [3.05, 3.63) is 60.3 Å². The summed E-state index contributed by atoms with van der Waals surface area (Å²) in [6, 6.07) is 6.00. The van der Waals surface area contributed by atoms with Crippen LogP contribution in [0.15, 0.2) is 48.9 Å². The van der Waals surface area contributed by atoms with Gasteiger partial charge >= 0.3 is 12.1 Å². The summed E-state index contributed by atoms with van der Waals surface area (Å²) in [5.41, 5.74) is 7.45.